The van der Waals surface area contributed by atoms with Gasteiger partial charge in [-0.25, -0.2) is 4.98 Å². The third kappa shape index (κ3) is 4.82. The fraction of sp³-hybridized carbons (Fsp3) is 0.500. The molecule has 0 bridgehead atoms. The molecule has 5 nitrogen and oxygen atoms in total. The molecule has 0 aromatic carbocycles. The number of nitrogens with one attached hydrogen (secondary N) is 1. The number of rotatable bonds is 5. The highest BCUT2D eigenvalue weighted by Crippen LogP contribution is 2.03. The van der Waals surface area contributed by atoms with Gasteiger partial charge in [-0.15, -0.1) is 0 Å². The van der Waals surface area contributed by atoms with Crippen LogP contribution in [0.5, 0.6) is 0 Å². The maximum absolute atomic E-state index is 11.8. The number of carbonyl (C=O) groups excluding carboxylic acids is 1. The molecular formula is C12H20N4O. The lowest BCUT2D eigenvalue weighted by atomic mass is 10.2. The molecule has 0 radical (unpaired) electrons. The first-order valence-corrected chi connectivity index (χ1v) is 5.66. The van der Waals surface area contributed by atoms with Gasteiger partial charge in [-0.2, -0.15) is 0 Å². The maximum Gasteiger partial charge on any atom is 0.251 e. The third-order valence-corrected chi connectivity index (χ3v) is 2.43. The van der Waals surface area contributed by atoms with E-state index in [-0.39, 0.29) is 11.9 Å². The molecule has 0 saturated carbocycles. The number of pyridine rings is 1. The lowest BCUT2D eigenvalue weighted by Gasteiger charge is -2.16. The molecule has 1 unspecified atom stereocenters. The number of hydrogen-bond acceptors (Lipinski definition) is 4. The van der Waals surface area contributed by atoms with Crippen molar-refractivity contribution >= 4 is 11.7 Å². The van der Waals surface area contributed by atoms with Crippen LogP contribution in [-0.4, -0.2) is 42.5 Å². The Morgan fingerprint density at radius 3 is 2.88 bits per heavy atom. The van der Waals surface area contributed by atoms with Gasteiger partial charge in [0.25, 0.3) is 5.91 Å². The molecule has 17 heavy (non-hydrogen) atoms. The van der Waals surface area contributed by atoms with E-state index in [9.17, 15) is 4.79 Å². The van der Waals surface area contributed by atoms with Gasteiger partial charge in [0.05, 0.1) is 0 Å². The molecule has 1 atom stereocenters. The van der Waals surface area contributed by atoms with Gasteiger partial charge in [0, 0.05) is 17.8 Å². The van der Waals surface area contributed by atoms with Crippen molar-refractivity contribution in [2.24, 2.45) is 0 Å². The van der Waals surface area contributed by atoms with Crippen LogP contribution in [0.4, 0.5) is 5.82 Å². The van der Waals surface area contributed by atoms with E-state index in [1.807, 2.05) is 21.0 Å². The second-order valence-electron chi connectivity index (χ2n) is 4.44. The summed E-state index contributed by atoms with van der Waals surface area (Å²) in [4.78, 5) is 17.8. The summed E-state index contributed by atoms with van der Waals surface area (Å²) in [5.74, 6) is 0.254. The van der Waals surface area contributed by atoms with Crippen LogP contribution in [0.3, 0.4) is 0 Å². The molecule has 1 aromatic rings. The highest BCUT2D eigenvalue weighted by Gasteiger charge is 2.10. The van der Waals surface area contributed by atoms with Crippen molar-refractivity contribution < 1.29 is 4.79 Å². The number of nitrogens with zero attached hydrogens (tertiary/aromatic N) is 2. The van der Waals surface area contributed by atoms with Gasteiger partial charge in [-0.05, 0) is 46.1 Å². The predicted octanol–water partition coefficient (Wildman–Crippen LogP) is 0.734. The van der Waals surface area contributed by atoms with E-state index in [2.05, 4.69) is 15.2 Å². The molecule has 0 fully saturated rings. The Balaban J connectivity index is 2.49. The standard InChI is InChI=1S/C12H20N4O/c1-9(5-7-16(2)3)15-12(17)10-4-6-14-11(13)8-10/h4,6,8-9H,5,7H2,1-3H3,(H2,13,14)(H,15,17). The number of hydrogen-bond donors (Lipinski definition) is 2. The molecule has 1 rings (SSSR count). The minimum Gasteiger partial charge on any atom is -0.384 e. The van der Waals surface area contributed by atoms with E-state index >= 15 is 0 Å². The average molecular weight is 236 g/mol. The van der Waals surface area contributed by atoms with Crippen molar-refractivity contribution in [3.05, 3.63) is 23.9 Å². The largest absolute Gasteiger partial charge is 0.384 e. The molecule has 3 N–H and O–H groups in total. The summed E-state index contributed by atoms with van der Waals surface area (Å²) < 4.78 is 0. The highest BCUT2D eigenvalue weighted by molar-refractivity contribution is 5.94. The molecule has 0 aliphatic rings. The first-order chi connectivity index (χ1) is 7.99. The Bertz CT molecular complexity index is 379. The summed E-state index contributed by atoms with van der Waals surface area (Å²) in [6.45, 7) is 2.94. The van der Waals surface area contributed by atoms with Gasteiger partial charge in [0.1, 0.15) is 5.82 Å². The number of anilines is 1. The van der Waals surface area contributed by atoms with Crippen molar-refractivity contribution in [1.82, 2.24) is 15.2 Å². The molecule has 0 aliphatic carbocycles. The molecule has 94 valence electrons. The van der Waals surface area contributed by atoms with Gasteiger partial charge in [-0.3, -0.25) is 4.79 Å². The first kappa shape index (κ1) is 13.4. The maximum atomic E-state index is 11.8. The van der Waals surface area contributed by atoms with Crippen LogP contribution in [0, 0.1) is 0 Å². The topological polar surface area (TPSA) is 71.2 Å². The molecular weight excluding hydrogens is 216 g/mol. The molecule has 0 saturated heterocycles. The van der Waals surface area contributed by atoms with E-state index in [4.69, 9.17) is 5.73 Å². The van der Waals surface area contributed by atoms with Gasteiger partial charge >= 0.3 is 0 Å². The fourth-order valence-corrected chi connectivity index (χ4v) is 1.42. The van der Waals surface area contributed by atoms with Crippen LogP contribution in [0.1, 0.15) is 23.7 Å². The van der Waals surface area contributed by atoms with E-state index in [0.717, 1.165) is 13.0 Å². The van der Waals surface area contributed by atoms with Crippen molar-refractivity contribution in [2.75, 3.05) is 26.4 Å². The fourth-order valence-electron chi connectivity index (χ4n) is 1.42. The van der Waals surface area contributed by atoms with Crippen LogP contribution >= 0.6 is 0 Å². The smallest absolute Gasteiger partial charge is 0.251 e. The van der Waals surface area contributed by atoms with Crippen molar-refractivity contribution in [2.45, 2.75) is 19.4 Å². The van der Waals surface area contributed by atoms with E-state index in [1.54, 1.807) is 12.1 Å². The van der Waals surface area contributed by atoms with Crippen molar-refractivity contribution in [1.29, 1.82) is 0 Å². The Kier molecular flexibility index (Phi) is 4.90. The van der Waals surface area contributed by atoms with Crippen LogP contribution in [0.15, 0.2) is 18.3 Å². The quantitative estimate of drug-likeness (QED) is 0.790. The molecule has 5 heteroatoms. The zero-order chi connectivity index (χ0) is 12.8. The number of nitrogen functional groups attached to an aromatic ring is 1. The summed E-state index contributed by atoms with van der Waals surface area (Å²) >= 11 is 0. The summed E-state index contributed by atoms with van der Waals surface area (Å²) in [5.41, 5.74) is 6.08. The average Bonchev–Trinajstić information content (AvgIpc) is 2.26. The summed E-state index contributed by atoms with van der Waals surface area (Å²) in [6, 6.07) is 3.37. The normalized spacial score (nSPS) is 12.5. The number of aromatic nitrogens is 1. The lowest BCUT2D eigenvalue weighted by Crippen LogP contribution is -2.34. The lowest BCUT2D eigenvalue weighted by molar-refractivity contribution is 0.0936. The van der Waals surface area contributed by atoms with Crippen molar-refractivity contribution in [3.63, 3.8) is 0 Å². The van der Waals surface area contributed by atoms with Crippen LogP contribution in [0.2, 0.25) is 0 Å². The molecule has 0 spiro atoms. The third-order valence-electron chi connectivity index (χ3n) is 2.43. The highest BCUT2D eigenvalue weighted by atomic mass is 16.1. The summed E-state index contributed by atoms with van der Waals surface area (Å²) in [5, 5.41) is 2.93. The summed E-state index contributed by atoms with van der Waals surface area (Å²) in [7, 11) is 4.02. The van der Waals surface area contributed by atoms with E-state index < -0.39 is 0 Å². The van der Waals surface area contributed by atoms with Gasteiger partial charge in [0.2, 0.25) is 0 Å². The second-order valence-corrected chi connectivity index (χ2v) is 4.44. The Morgan fingerprint density at radius 2 is 2.29 bits per heavy atom. The van der Waals surface area contributed by atoms with Crippen LogP contribution in [-0.2, 0) is 0 Å². The van der Waals surface area contributed by atoms with E-state index in [1.165, 1.54) is 6.20 Å². The molecule has 1 heterocycles. The molecule has 0 aliphatic heterocycles. The van der Waals surface area contributed by atoms with Gasteiger partial charge in [-0.1, -0.05) is 0 Å². The second kappa shape index (κ2) is 6.20. The Morgan fingerprint density at radius 1 is 1.59 bits per heavy atom. The number of nitrogens with two attached hydrogens (primary N) is 1. The zero-order valence-electron chi connectivity index (χ0n) is 10.6. The first-order valence-electron chi connectivity index (χ1n) is 5.66. The Labute approximate surface area is 102 Å². The molecule has 1 amide bonds. The zero-order valence-corrected chi connectivity index (χ0v) is 10.6. The number of amides is 1. The SMILES string of the molecule is CC(CCN(C)C)NC(=O)c1ccnc(N)c1. The monoisotopic (exact) mass is 236 g/mol. The van der Waals surface area contributed by atoms with Crippen LogP contribution < -0.4 is 11.1 Å². The Hall–Kier alpha value is -1.62. The molecule has 1 aromatic heterocycles. The minimum atomic E-state index is -0.106. The van der Waals surface area contributed by atoms with E-state index in [0.29, 0.717) is 11.4 Å². The summed E-state index contributed by atoms with van der Waals surface area (Å²) in [6.07, 6.45) is 2.45. The van der Waals surface area contributed by atoms with Crippen molar-refractivity contribution in [3.8, 4) is 0 Å². The van der Waals surface area contributed by atoms with Gasteiger partial charge < -0.3 is 16.0 Å². The number of carbonyl (C=O) groups is 1. The minimum absolute atomic E-state index is 0.106. The van der Waals surface area contributed by atoms with Crippen LogP contribution in [0.25, 0.3) is 0 Å². The van der Waals surface area contributed by atoms with Gasteiger partial charge in [0.15, 0.2) is 0 Å². The predicted molar refractivity (Wildman–Crippen MR) is 68.7 cm³/mol.